The van der Waals surface area contributed by atoms with Crippen LogP contribution in [0.5, 0.6) is 5.88 Å². The summed E-state index contributed by atoms with van der Waals surface area (Å²) < 4.78 is 5.24. The van der Waals surface area contributed by atoms with Gasteiger partial charge in [-0.2, -0.15) is 0 Å². The number of nitrogens with one attached hydrogen (secondary N) is 2. The SMILES string of the molecule is CCNC(=NC)Nc1nc(-c2cccc(N3CCc4cc(OC)ncc4C3)n2)cs1. The second-order valence-corrected chi connectivity index (χ2v) is 7.67. The molecule has 0 spiro atoms. The summed E-state index contributed by atoms with van der Waals surface area (Å²) in [5, 5.41) is 9.17. The van der Waals surface area contributed by atoms with Crippen molar-refractivity contribution in [1.82, 2.24) is 20.3 Å². The molecule has 30 heavy (non-hydrogen) atoms. The van der Waals surface area contributed by atoms with Gasteiger partial charge in [0.25, 0.3) is 0 Å². The normalized spacial score (nSPS) is 13.7. The first-order chi connectivity index (χ1) is 14.7. The van der Waals surface area contributed by atoms with Crippen molar-refractivity contribution < 1.29 is 4.74 Å². The highest BCUT2D eigenvalue weighted by Crippen LogP contribution is 2.28. The van der Waals surface area contributed by atoms with Gasteiger partial charge in [-0.1, -0.05) is 6.07 Å². The first-order valence-corrected chi connectivity index (χ1v) is 10.8. The second kappa shape index (κ2) is 9.08. The molecule has 0 fully saturated rings. The van der Waals surface area contributed by atoms with Gasteiger partial charge in [0.05, 0.1) is 12.8 Å². The maximum atomic E-state index is 5.24. The number of pyridine rings is 2. The van der Waals surface area contributed by atoms with Crippen molar-refractivity contribution in [2.24, 2.45) is 4.99 Å². The predicted octanol–water partition coefficient (Wildman–Crippen LogP) is 3.18. The first kappa shape index (κ1) is 20.1. The van der Waals surface area contributed by atoms with E-state index in [0.29, 0.717) is 11.8 Å². The summed E-state index contributed by atoms with van der Waals surface area (Å²) >= 11 is 1.53. The Balaban J connectivity index is 1.51. The van der Waals surface area contributed by atoms with Crippen LogP contribution < -0.4 is 20.3 Å². The standard InChI is InChI=1S/C21H25N7OS/c1-4-23-20(22-2)27-21-26-17(13-30-21)16-6-5-7-18(25-16)28-9-8-14-10-19(29-3)24-11-15(14)12-28/h5-7,10-11,13H,4,8-9,12H2,1-3H3,(H2,22,23,26,27). The van der Waals surface area contributed by atoms with Gasteiger partial charge in [0.1, 0.15) is 11.5 Å². The molecular formula is C21H25N7OS. The molecule has 9 heteroatoms. The number of aromatic nitrogens is 3. The van der Waals surface area contributed by atoms with Crippen LogP contribution in [0, 0.1) is 0 Å². The van der Waals surface area contributed by atoms with Gasteiger partial charge in [0, 0.05) is 44.3 Å². The molecule has 2 N–H and O–H groups in total. The van der Waals surface area contributed by atoms with Gasteiger partial charge in [-0.3, -0.25) is 4.99 Å². The highest BCUT2D eigenvalue weighted by atomic mass is 32.1. The molecule has 3 aromatic heterocycles. The lowest BCUT2D eigenvalue weighted by atomic mass is 10.0. The zero-order chi connectivity index (χ0) is 20.9. The minimum Gasteiger partial charge on any atom is -0.481 e. The second-order valence-electron chi connectivity index (χ2n) is 6.81. The number of nitrogens with zero attached hydrogens (tertiary/aromatic N) is 5. The molecular weight excluding hydrogens is 398 g/mol. The van der Waals surface area contributed by atoms with Gasteiger partial charge in [-0.25, -0.2) is 15.0 Å². The Morgan fingerprint density at radius 3 is 2.97 bits per heavy atom. The van der Waals surface area contributed by atoms with E-state index >= 15 is 0 Å². The summed E-state index contributed by atoms with van der Waals surface area (Å²) in [5.41, 5.74) is 4.21. The molecule has 0 amide bonds. The zero-order valence-electron chi connectivity index (χ0n) is 17.3. The third-order valence-electron chi connectivity index (χ3n) is 4.90. The number of hydrogen-bond acceptors (Lipinski definition) is 7. The van der Waals surface area contributed by atoms with E-state index in [9.17, 15) is 0 Å². The van der Waals surface area contributed by atoms with Gasteiger partial charge in [0.2, 0.25) is 5.88 Å². The molecule has 0 atom stereocenters. The van der Waals surface area contributed by atoms with Crippen molar-refractivity contribution in [3.05, 3.63) is 47.0 Å². The molecule has 0 unspecified atom stereocenters. The van der Waals surface area contributed by atoms with E-state index in [1.807, 2.05) is 42.8 Å². The summed E-state index contributed by atoms with van der Waals surface area (Å²) in [7, 11) is 3.39. The van der Waals surface area contributed by atoms with Gasteiger partial charge < -0.3 is 20.3 Å². The van der Waals surface area contributed by atoms with E-state index in [1.165, 1.54) is 22.5 Å². The molecule has 156 valence electrons. The van der Waals surface area contributed by atoms with Crippen molar-refractivity contribution in [2.45, 2.75) is 19.9 Å². The summed E-state index contributed by atoms with van der Waals surface area (Å²) in [6.45, 7) is 4.51. The smallest absolute Gasteiger partial charge is 0.213 e. The van der Waals surface area contributed by atoms with E-state index in [2.05, 4.69) is 30.5 Å². The maximum Gasteiger partial charge on any atom is 0.213 e. The Morgan fingerprint density at radius 2 is 2.17 bits per heavy atom. The Bertz CT molecular complexity index is 1050. The molecule has 0 radical (unpaired) electrons. The molecule has 8 nitrogen and oxygen atoms in total. The number of anilines is 2. The van der Waals surface area contributed by atoms with Crippen molar-refractivity contribution in [3.63, 3.8) is 0 Å². The third kappa shape index (κ3) is 4.35. The van der Waals surface area contributed by atoms with E-state index in [1.54, 1.807) is 14.2 Å². The summed E-state index contributed by atoms with van der Waals surface area (Å²) in [5.74, 6) is 2.32. The first-order valence-electron chi connectivity index (χ1n) is 9.87. The van der Waals surface area contributed by atoms with E-state index < -0.39 is 0 Å². The number of hydrogen-bond donors (Lipinski definition) is 2. The molecule has 0 aliphatic carbocycles. The molecule has 0 aromatic carbocycles. The van der Waals surface area contributed by atoms with Crippen molar-refractivity contribution in [3.8, 4) is 17.3 Å². The fourth-order valence-electron chi connectivity index (χ4n) is 3.36. The lowest BCUT2D eigenvalue weighted by molar-refractivity contribution is 0.396. The van der Waals surface area contributed by atoms with Crippen LogP contribution in [-0.2, 0) is 13.0 Å². The Morgan fingerprint density at radius 1 is 1.27 bits per heavy atom. The number of rotatable bonds is 5. The van der Waals surface area contributed by atoms with Gasteiger partial charge in [-0.15, -0.1) is 11.3 Å². The minimum absolute atomic E-state index is 0.667. The van der Waals surface area contributed by atoms with Gasteiger partial charge in [-0.05, 0) is 36.6 Å². The lowest BCUT2D eigenvalue weighted by Gasteiger charge is -2.29. The minimum atomic E-state index is 0.667. The van der Waals surface area contributed by atoms with E-state index in [0.717, 1.165) is 48.4 Å². The molecule has 0 saturated heterocycles. The van der Waals surface area contributed by atoms with Crippen LogP contribution in [0.1, 0.15) is 18.1 Å². The Hall–Kier alpha value is -3.20. The number of fused-ring (bicyclic) bond motifs is 1. The van der Waals surface area contributed by atoms with Crippen LogP contribution in [0.4, 0.5) is 10.9 Å². The highest BCUT2D eigenvalue weighted by molar-refractivity contribution is 7.14. The summed E-state index contributed by atoms with van der Waals surface area (Å²) in [4.78, 5) is 20.4. The topological polar surface area (TPSA) is 87.6 Å². The van der Waals surface area contributed by atoms with Crippen molar-refractivity contribution in [2.75, 3.05) is 37.5 Å². The van der Waals surface area contributed by atoms with Crippen LogP contribution >= 0.6 is 11.3 Å². The fraction of sp³-hybridized carbons (Fsp3) is 0.333. The van der Waals surface area contributed by atoms with Crippen LogP contribution in [-0.4, -0.2) is 48.2 Å². The maximum absolute atomic E-state index is 5.24. The number of ether oxygens (including phenoxy) is 1. The van der Waals surface area contributed by atoms with E-state index in [-0.39, 0.29) is 0 Å². The quantitative estimate of drug-likeness (QED) is 0.481. The number of methoxy groups -OCH3 is 1. The Labute approximate surface area is 180 Å². The molecule has 1 aliphatic rings. The number of guanidine groups is 1. The van der Waals surface area contributed by atoms with Crippen LogP contribution in [0.15, 0.2) is 40.8 Å². The van der Waals surface area contributed by atoms with Gasteiger partial charge in [0.15, 0.2) is 11.1 Å². The molecule has 1 aliphatic heterocycles. The van der Waals surface area contributed by atoms with Crippen molar-refractivity contribution >= 4 is 28.2 Å². The lowest BCUT2D eigenvalue weighted by Crippen LogP contribution is -2.31. The average molecular weight is 424 g/mol. The third-order valence-corrected chi connectivity index (χ3v) is 5.66. The molecule has 4 heterocycles. The summed E-state index contributed by atoms with van der Waals surface area (Å²) in [6, 6.07) is 8.10. The molecule has 0 bridgehead atoms. The summed E-state index contributed by atoms with van der Waals surface area (Å²) in [6.07, 6.45) is 2.84. The van der Waals surface area contributed by atoms with Crippen LogP contribution in [0.3, 0.4) is 0 Å². The molecule has 4 rings (SSSR count). The monoisotopic (exact) mass is 423 g/mol. The number of thiazole rings is 1. The predicted molar refractivity (Wildman–Crippen MR) is 122 cm³/mol. The van der Waals surface area contributed by atoms with Crippen LogP contribution in [0.25, 0.3) is 11.4 Å². The zero-order valence-corrected chi connectivity index (χ0v) is 18.2. The molecule has 3 aromatic rings. The number of aliphatic imine (C=N–C) groups is 1. The molecule has 0 saturated carbocycles. The van der Waals surface area contributed by atoms with Crippen LogP contribution in [0.2, 0.25) is 0 Å². The van der Waals surface area contributed by atoms with E-state index in [4.69, 9.17) is 9.72 Å². The highest BCUT2D eigenvalue weighted by Gasteiger charge is 2.19. The average Bonchev–Trinajstić information content (AvgIpc) is 3.26. The van der Waals surface area contributed by atoms with Crippen molar-refractivity contribution in [1.29, 1.82) is 0 Å². The van der Waals surface area contributed by atoms with Gasteiger partial charge >= 0.3 is 0 Å². The largest absolute Gasteiger partial charge is 0.481 e. The fourth-order valence-corrected chi connectivity index (χ4v) is 4.07. The Kier molecular flexibility index (Phi) is 6.08.